The third kappa shape index (κ3) is 4.96. The topological polar surface area (TPSA) is 21.3 Å². The van der Waals surface area contributed by atoms with Crippen molar-refractivity contribution in [2.45, 2.75) is 51.7 Å². The first-order valence-corrected chi connectivity index (χ1v) is 7.65. The van der Waals surface area contributed by atoms with E-state index in [0.717, 1.165) is 19.1 Å². The van der Waals surface area contributed by atoms with Crippen molar-refractivity contribution in [3.8, 4) is 0 Å². The van der Waals surface area contributed by atoms with Crippen molar-refractivity contribution in [3.05, 3.63) is 35.9 Å². The van der Waals surface area contributed by atoms with Crippen LogP contribution in [-0.2, 0) is 4.74 Å². The molecule has 0 aliphatic heterocycles. The predicted octanol–water partition coefficient (Wildman–Crippen LogP) is 3.93. The molecule has 1 saturated carbocycles. The SMILES string of the molecule is CC1CCC(NCCOC(C)c2ccccc2)CC1. The minimum Gasteiger partial charge on any atom is -0.373 e. The number of ether oxygens (including phenoxy) is 1. The molecule has 2 heteroatoms. The lowest BCUT2D eigenvalue weighted by atomic mass is 9.87. The van der Waals surface area contributed by atoms with Crippen molar-refractivity contribution in [1.82, 2.24) is 5.32 Å². The highest BCUT2D eigenvalue weighted by molar-refractivity contribution is 5.16. The molecule has 0 radical (unpaired) electrons. The molecule has 1 aliphatic carbocycles. The van der Waals surface area contributed by atoms with Gasteiger partial charge in [0.2, 0.25) is 0 Å². The fraction of sp³-hybridized carbons (Fsp3) is 0.647. The smallest absolute Gasteiger partial charge is 0.0797 e. The number of nitrogens with one attached hydrogen (secondary N) is 1. The first-order valence-electron chi connectivity index (χ1n) is 7.65. The zero-order valence-electron chi connectivity index (χ0n) is 12.3. The van der Waals surface area contributed by atoms with Gasteiger partial charge in [-0.3, -0.25) is 0 Å². The van der Waals surface area contributed by atoms with Gasteiger partial charge in [0.1, 0.15) is 0 Å². The van der Waals surface area contributed by atoms with E-state index in [4.69, 9.17) is 4.74 Å². The summed E-state index contributed by atoms with van der Waals surface area (Å²) in [6, 6.07) is 11.1. The number of rotatable bonds is 6. The summed E-state index contributed by atoms with van der Waals surface area (Å²) >= 11 is 0. The zero-order valence-corrected chi connectivity index (χ0v) is 12.3. The molecule has 0 saturated heterocycles. The molecule has 1 N–H and O–H groups in total. The maximum absolute atomic E-state index is 5.88. The van der Waals surface area contributed by atoms with Crippen molar-refractivity contribution in [1.29, 1.82) is 0 Å². The Morgan fingerprint density at radius 2 is 1.84 bits per heavy atom. The molecule has 0 spiro atoms. The summed E-state index contributed by atoms with van der Waals surface area (Å²) in [6.45, 7) is 6.25. The van der Waals surface area contributed by atoms with Gasteiger partial charge in [-0.1, -0.05) is 37.3 Å². The van der Waals surface area contributed by atoms with Crippen LogP contribution in [0.3, 0.4) is 0 Å². The van der Waals surface area contributed by atoms with Gasteiger partial charge in [-0.15, -0.1) is 0 Å². The Balaban J connectivity index is 1.59. The van der Waals surface area contributed by atoms with Crippen LogP contribution in [0.1, 0.15) is 51.2 Å². The molecule has 2 nitrogen and oxygen atoms in total. The molecule has 0 aromatic heterocycles. The normalized spacial score (nSPS) is 25.2. The van der Waals surface area contributed by atoms with E-state index in [1.165, 1.54) is 31.2 Å². The van der Waals surface area contributed by atoms with Gasteiger partial charge in [-0.2, -0.15) is 0 Å². The molecule has 1 atom stereocenters. The largest absolute Gasteiger partial charge is 0.373 e. The molecule has 1 fully saturated rings. The quantitative estimate of drug-likeness (QED) is 0.783. The van der Waals surface area contributed by atoms with Gasteiger partial charge >= 0.3 is 0 Å². The molecule has 0 heterocycles. The van der Waals surface area contributed by atoms with Crippen LogP contribution in [-0.4, -0.2) is 19.2 Å². The molecule has 0 amide bonds. The van der Waals surface area contributed by atoms with Crippen molar-refractivity contribution < 1.29 is 4.74 Å². The molecule has 19 heavy (non-hydrogen) atoms. The first kappa shape index (κ1) is 14.5. The highest BCUT2D eigenvalue weighted by Crippen LogP contribution is 2.23. The van der Waals surface area contributed by atoms with Crippen LogP contribution < -0.4 is 5.32 Å². The minimum absolute atomic E-state index is 0.189. The van der Waals surface area contributed by atoms with Crippen LogP contribution in [0, 0.1) is 5.92 Å². The van der Waals surface area contributed by atoms with E-state index in [2.05, 4.69) is 43.4 Å². The predicted molar refractivity (Wildman–Crippen MR) is 80.2 cm³/mol. The second-order valence-corrected chi connectivity index (χ2v) is 5.83. The summed E-state index contributed by atoms with van der Waals surface area (Å²) in [7, 11) is 0. The van der Waals surface area contributed by atoms with Crippen molar-refractivity contribution in [2.24, 2.45) is 5.92 Å². The maximum atomic E-state index is 5.88. The lowest BCUT2D eigenvalue weighted by molar-refractivity contribution is 0.0653. The number of hydrogen-bond acceptors (Lipinski definition) is 2. The van der Waals surface area contributed by atoms with E-state index in [0.29, 0.717) is 6.04 Å². The Labute approximate surface area is 117 Å². The Kier molecular flexibility index (Phi) is 5.87. The van der Waals surface area contributed by atoms with Gasteiger partial charge < -0.3 is 10.1 Å². The molecule has 1 aliphatic rings. The fourth-order valence-corrected chi connectivity index (χ4v) is 2.78. The van der Waals surface area contributed by atoms with Crippen LogP contribution in [0.2, 0.25) is 0 Å². The first-order chi connectivity index (χ1) is 9.25. The van der Waals surface area contributed by atoms with E-state index in [1.54, 1.807) is 0 Å². The summed E-state index contributed by atoms with van der Waals surface area (Å²) < 4.78 is 5.88. The van der Waals surface area contributed by atoms with Crippen LogP contribution in [0.15, 0.2) is 30.3 Å². The second kappa shape index (κ2) is 7.66. The van der Waals surface area contributed by atoms with Gasteiger partial charge in [-0.05, 0) is 44.1 Å². The zero-order chi connectivity index (χ0) is 13.5. The summed E-state index contributed by atoms with van der Waals surface area (Å²) in [5, 5.41) is 3.62. The summed E-state index contributed by atoms with van der Waals surface area (Å²) in [4.78, 5) is 0. The second-order valence-electron chi connectivity index (χ2n) is 5.83. The molecule has 1 unspecified atom stereocenters. The summed E-state index contributed by atoms with van der Waals surface area (Å²) in [6.07, 6.45) is 5.59. The Hall–Kier alpha value is -0.860. The molecule has 2 rings (SSSR count). The molecule has 1 aromatic carbocycles. The minimum atomic E-state index is 0.189. The van der Waals surface area contributed by atoms with Gasteiger partial charge in [0.05, 0.1) is 12.7 Å². The van der Waals surface area contributed by atoms with Crippen molar-refractivity contribution >= 4 is 0 Å². The molecular weight excluding hydrogens is 234 g/mol. The van der Waals surface area contributed by atoms with Crippen LogP contribution in [0.5, 0.6) is 0 Å². The monoisotopic (exact) mass is 261 g/mol. The molecule has 106 valence electrons. The summed E-state index contributed by atoms with van der Waals surface area (Å²) in [5.41, 5.74) is 1.26. The highest BCUT2D eigenvalue weighted by Gasteiger charge is 2.17. The van der Waals surface area contributed by atoms with Gasteiger partial charge in [0, 0.05) is 12.6 Å². The van der Waals surface area contributed by atoms with E-state index in [-0.39, 0.29) is 6.10 Å². The van der Waals surface area contributed by atoms with Crippen molar-refractivity contribution in [3.63, 3.8) is 0 Å². The lowest BCUT2D eigenvalue weighted by Crippen LogP contribution is -2.35. The standard InChI is InChI=1S/C17H27NO/c1-14-8-10-17(11-9-14)18-12-13-19-15(2)16-6-4-3-5-7-16/h3-7,14-15,17-18H,8-13H2,1-2H3. The van der Waals surface area contributed by atoms with E-state index in [1.807, 2.05) is 6.07 Å². The van der Waals surface area contributed by atoms with E-state index in [9.17, 15) is 0 Å². The lowest BCUT2D eigenvalue weighted by Gasteiger charge is -2.27. The van der Waals surface area contributed by atoms with Gasteiger partial charge in [-0.25, -0.2) is 0 Å². The van der Waals surface area contributed by atoms with Gasteiger partial charge in [0.15, 0.2) is 0 Å². The summed E-state index contributed by atoms with van der Waals surface area (Å²) in [5.74, 6) is 0.924. The third-order valence-electron chi connectivity index (χ3n) is 4.19. The van der Waals surface area contributed by atoms with Crippen LogP contribution >= 0.6 is 0 Å². The fourth-order valence-electron chi connectivity index (χ4n) is 2.78. The van der Waals surface area contributed by atoms with Crippen LogP contribution in [0.4, 0.5) is 0 Å². The van der Waals surface area contributed by atoms with E-state index >= 15 is 0 Å². The van der Waals surface area contributed by atoms with E-state index < -0.39 is 0 Å². The number of benzene rings is 1. The van der Waals surface area contributed by atoms with Gasteiger partial charge in [0.25, 0.3) is 0 Å². The highest BCUT2D eigenvalue weighted by atomic mass is 16.5. The average molecular weight is 261 g/mol. The molecular formula is C17H27NO. The Bertz CT molecular complexity index is 344. The average Bonchev–Trinajstić information content (AvgIpc) is 2.46. The van der Waals surface area contributed by atoms with Crippen LogP contribution in [0.25, 0.3) is 0 Å². The molecule has 1 aromatic rings. The number of hydrogen-bond donors (Lipinski definition) is 1. The third-order valence-corrected chi connectivity index (χ3v) is 4.19. The van der Waals surface area contributed by atoms with Crippen molar-refractivity contribution in [2.75, 3.05) is 13.2 Å². The Morgan fingerprint density at radius 1 is 1.16 bits per heavy atom. The Morgan fingerprint density at radius 3 is 2.53 bits per heavy atom. The maximum Gasteiger partial charge on any atom is 0.0797 e. The molecule has 0 bridgehead atoms.